The van der Waals surface area contributed by atoms with Crippen molar-refractivity contribution in [1.29, 1.82) is 0 Å². The third-order valence-electron chi connectivity index (χ3n) is 5.25. The maximum Gasteiger partial charge on any atom is 0.201 e. The van der Waals surface area contributed by atoms with Crippen LogP contribution in [0.3, 0.4) is 0 Å². The predicted molar refractivity (Wildman–Crippen MR) is 105 cm³/mol. The molecule has 29 heavy (non-hydrogen) atoms. The highest BCUT2D eigenvalue weighted by atomic mass is 19.2. The van der Waals surface area contributed by atoms with Crippen LogP contribution in [0.15, 0.2) is 30.3 Å². The molecule has 1 fully saturated rings. The highest BCUT2D eigenvalue weighted by Crippen LogP contribution is 2.36. The van der Waals surface area contributed by atoms with Gasteiger partial charge in [0.05, 0.1) is 19.3 Å². The third-order valence-corrected chi connectivity index (χ3v) is 5.25. The van der Waals surface area contributed by atoms with Crippen molar-refractivity contribution in [1.82, 2.24) is 0 Å². The molecular weight excluding hydrogens is 381 g/mol. The van der Waals surface area contributed by atoms with E-state index < -0.39 is 17.5 Å². The summed E-state index contributed by atoms with van der Waals surface area (Å²) >= 11 is 0. The van der Waals surface area contributed by atoms with E-state index in [1.54, 1.807) is 13.0 Å². The second-order valence-electron chi connectivity index (χ2n) is 7.16. The summed E-state index contributed by atoms with van der Waals surface area (Å²) in [7, 11) is 0. The lowest BCUT2D eigenvalue weighted by atomic mass is 9.92. The number of halogens is 3. The van der Waals surface area contributed by atoms with Gasteiger partial charge in [0.2, 0.25) is 5.82 Å². The molecule has 0 saturated carbocycles. The van der Waals surface area contributed by atoms with Crippen molar-refractivity contribution in [3.05, 3.63) is 53.3 Å². The first-order valence-corrected chi connectivity index (χ1v) is 10.1. The Kier molecular flexibility index (Phi) is 7.56. The number of rotatable bonds is 8. The van der Waals surface area contributed by atoms with Crippen molar-refractivity contribution in [2.24, 2.45) is 5.92 Å². The van der Waals surface area contributed by atoms with Crippen LogP contribution in [0.5, 0.6) is 5.75 Å². The van der Waals surface area contributed by atoms with Crippen molar-refractivity contribution >= 4 is 0 Å². The molecule has 2 aromatic carbocycles. The number of hydrogen-bond acceptors (Lipinski definition) is 3. The Balaban J connectivity index is 1.71. The standard InChI is InChI=1S/C23H27F3O3/c1-3-27-12-11-15-5-9-20(29-14-15)16-6-7-17(19(24)13-16)18-8-10-21(28-4-2)23(26)22(18)25/h6-8,10,13,15,20H,3-5,9,11-12,14H2,1-2H3. The average molecular weight is 408 g/mol. The number of benzene rings is 2. The summed E-state index contributed by atoms with van der Waals surface area (Å²) in [6.45, 7) is 5.91. The SMILES string of the molecule is CCOCCC1CCC(c2ccc(-c3ccc(OCC)c(F)c3F)c(F)c2)OC1. The summed E-state index contributed by atoms with van der Waals surface area (Å²) < 4.78 is 59.6. The molecule has 0 radical (unpaired) electrons. The van der Waals surface area contributed by atoms with Gasteiger partial charge in [-0.15, -0.1) is 0 Å². The van der Waals surface area contributed by atoms with Gasteiger partial charge in [0.25, 0.3) is 0 Å². The summed E-state index contributed by atoms with van der Waals surface area (Å²) in [6.07, 6.45) is 2.54. The zero-order chi connectivity index (χ0) is 20.8. The van der Waals surface area contributed by atoms with Gasteiger partial charge in [0, 0.05) is 24.3 Å². The van der Waals surface area contributed by atoms with Crippen LogP contribution in [-0.4, -0.2) is 26.4 Å². The largest absolute Gasteiger partial charge is 0.491 e. The van der Waals surface area contributed by atoms with Crippen LogP contribution < -0.4 is 4.74 Å². The molecule has 1 saturated heterocycles. The molecule has 0 aromatic heterocycles. The quantitative estimate of drug-likeness (QED) is 0.497. The number of hydrogen-bond donors (Lipinski definition) is 0. The van der Waals surface area contributed by atoms with Gasteiger partial charge in [-0.2, -0.15) is 4.39 Å². The van der Waals surface area contributed by atoms with Gasteiger partial charge in [-0.1, -0.05) is 12.1 Å². The Morgan fingerprint density at radius 1 is 0.966 bits per heavy atom. The lowest BCUT2D eigenvalue weighted by Gasteiger charge is -2.29. The van der Waals surface area contributed by atoms with Gasteiger partial charge in [0.15, 0.2) is 11.6 Å². The van der Waals surface area contributed by atoms with Crippen LogP contribution in [0.25, 0.3) is 11.1 Å². The molecule has 1 heterocycles. The summed E-state index contributed by atoms with van der Waals surface area (Å²) in [6, 6.07) is 7.21. The van der Waals surface area contributed by atoms with E-state index in [1.807, 2.05) is 6.92 Å². The predicted octanol–water partition coefficient (Wildman–Crippen LogP) is 6.06. The van der Waals surface area contributed by atoms with E-state index in [-0.39, 0.29) is 29.6 Å². The Bertz CT molecular complexity index is 817. The van der Waals surface area contributed by atoms with E-state index in [4.69, 9.17) is 14.2 Å². The second kappa shape index (κ2) is 10.1. The summed E-state index contributed by atoms with van der Waals surface area (Å²) in [5.41, 5.74) is 0.593. The topological polar surface area (TPSA) is 27.7 Å². The molecular formula is C23H27F3O3. The highest BCUT2D eigenvalue weighted by molar-refractivity contribution is 5.66. The first-order valence-electron chi connectivity index (χ1n) is 10.1. The first kappa shape index (κ1) is 21.7. The Morgan fingerprint density at radius 2 is 1.76 bits per heavy atom. The van der Waals surface area contributed by atoms with E-state index in [9.17, 15) is 13.2 Å². The van der Waals surface area contributed by atoms with Crippen molar-refractivity contribution in [2.45, 2.75) is 39.2 Å². The van der Waals surface area contributed by atoms with Gasteiger partial charge >= 0.3 is 0 Å². The molecule has 1 aliphatic rings. The van der Waals surface area contributed by atoms with Gasteiger partial charge in [-0.3, -0.25) is 0 Å². The molecule has 0 N–H and O–H groups in total. The Labute approximate surface area is 169 Å². The molecule has 3 nitrogen and oxygen atoms in total. The first-order chi connectivity index (χ1) is 14.0. The summed E-state index contributed by atoms with van der Waals surface area (Å²) in [5, 5.41) is 0. The Hall–Kier alpha value is -2.05. The molecule has 0 amide bonds. The molecule has 2 aromatic rings. The van der Waals surface area contributed by atoms with Gasteiger partial charge in [-0.25, -0.2) is 8.78 Å². The maximum atomic E-state index is 14.7. The minimum absolute atomic E-state index is 0.0126. The van der Waals surface area contributed by atoms with Gasteiger partial charge in [-0.05, 0) is 62.8 Å². The van der Waals surface area contributed by atoms with Crippen molar-refractivity contribution in [3.8, 4) is 16.9 Å². The molecule has 2 unspecified atom stereocenters. The maximum absolute atomic E-state index is 14.7. The number of ether oxygens (including phenoxy) is 3. The van der Waals surface area contributed by atoms with Crippen LogP contribution in [0.2, 0.25) is 0 Å². The summed E-state index contributed by atoms with van der Waals surface area (Å²) in [5.74, 6) is -2.56. The molecule has 1 aliphatic heterocycles. The highest BCUT2D eigenvalue weighted by Gasteiger charge is 2.24. The molecule has 2 atom stereocenters. The molecule has 3 rings (SSSR count). The minimum atomic E-state index is -1.12. The van der Waals surface area contributed by atoms with Crippen LogP contribution in [0.1, 0.15) is 44.8 Å². The zero-order valence-electron chi connectivity index (χ0n) is 16.8. The summed E-state index contributed by atoms with van der Waals surface area (Å²) in [4.78, 5) is 0. The van der Waals surface area contributed by atoms with E-state index in [1.165, 1.54) is 24.3 Å². The van der Waals surface area contributed by atoms with Crippen molar-refractivity contribution in [3.63, 3.8) is 0 Å². The van der Waals surface area contributed by atoms with Crippen LogP contribution >= 0.6 is 0 Å². The fourth-order valence-corrected chi connectivity index (χ4v) is 3.65. The van der Waals surface area contributed by atoms with E-state index in [0.29, 0.717) is 24.7 Å². The lowest BCUT2D eigenvalue weighted by Crippen LogP contribution is -2.22. The van der Waals surface area contributed by atoms with E-state index in [2.05, 4.69) is 0 Å². The normalized spacial score (nSPS) is 19.3. The smallest absolute Gasteiger partial charge is 0.201 e. The van der Waals surface area contributed by atoms with E-state index in [0.717, 1.165) is 25.9 Å². The Morgan fingerprint density at radius 3 is 2.41 bits per heavy atom. The van der Waals surface area contributed by atoms with E-state index >= 15 is 0 Å². The average Bonchev–Trinajstić information content (AvgIpc) is 2.73. The minimum Gasteiger partial charge on any atom is -0.491 e. The lowest BCUT2D eigenvalue weighted by molar-refractivity contribution is -0.0261. The van der Waals surface area contributed by atoms with Gasteiger partial charge < -0.3 is 14.2 Å². The van der Waals surface area contributed by atoms with Crippen molar-refractivity contribution < 1.29 is 27.4 Å². The van der Waals surface area contributed by atoms with Gasteiger partial charge in [0.1, 0.15) is 5.82 Å². The van der Waals surface area contributed by atoms with Crippen LogP contribution in [0.4, 0.5) is 13.2 Å². The van der Waals surface area contributed by atoms with Crippen LogP contribution in [0, 0.1) is 23.4 Å². The fraction of sp³-hybridized carbons (Fsp3) is 0.478. The molecule has 6 heteroatoms. The van der Waals surface area contributed by atoms with Crippen LogP contribution in [-0.2, 0) is 9.47 Å². The van der Waals surface area contributed by atoms with Crippen molar-refractivity contribution in [2.75, 3.05) is 26.4 Å². The third kappa shape index (κ3) is 5.11. The monoisotopic (exact) mass is 408 g/mol. The molecule has 0 spiro atoms. The molecule has 0 bridgehead atoms. The molecule has 158 valence electrons. The second-order valence-corrected chi connectivity index (χ2v) is 7.16. The fourth-order valence-electron chi connectivity index (χ4n) is 3.65. The molecule has 0 aliphatic carbocycles. The zero-order valence-corrected chi connectivity index (χ0v) is 16.8.